The highest BCUT2D eigenvalue weighted by Crippen LogP contribution is 2.38. The predicted octanol–water partition coefficient (Wildman–Crippen LogP) is 4.83. The molecule has 1 aliphatic rings. The van der Waals surface area contributed by atoms with Crippen molar-refractivity contribution < 1.29 is 13.9 Å². The van der Waals surface area contributed by atoms with Crippen molar-refractivity contribution in [2.45, 2.75) is 0 Å². The van der Waals surface area contributed by atoms with Crippen LogP contribution in [0.25, 0.3) is 32.4 Å². The lowest BCUT2D eigenvalue weighted by atomic mass is 10.1. The molecule has 0 aliphatic carbocycles. The van der Waals surface area contributed by atoms with Gasteiger partial charge in [0.2, 0.25) is 0 Å². The number of aromatic amines is 1. The third-order valence-corrected chi connectivity index (χ3v) is 7.03. The van der Waals surface area contributed by atoms with Crippen LogP contribution in [0.4, 0.5) is 15.9 Å². The number of anilines is 2. The van der Waals surface area contributed by atoms with E-state index in [1.54, 1.807) is 29.5 Å². The Morgan fingerprint density at radius 3 is 2.86 bits per heavy atom. The zero-order chi connectivity index (χ0) is 23.6. The summed E-state index contributed by atoms with van der Waals surface area (Å²) in [5, 5.41) is 15.2. The van der Waals surface area contributed by atoms with Gasteiger partial charge in [-0.3, -0.25) is 4.90 Å². The predicted molar refractivity (Wildman–Crippen MR) is 135 cm³/mol. The molecule has 0 amide bonds. The molecule has 0 spiro atoms. The standard InChI is InChI=1S/C25H23FN6O2S/c26-21-19(5-2-6-20(21)34-13-10-32-8-11-33-12-9-32)29-25-18-7-14-35-23(18)16-3-1-4-17(22(16)30-25)24-27-15-28-31-24/h1-7,14-15H,8-13H2,(H,29,30)(H,27,28,31). The van der Waals surface area contributed by atoms with E-state index < -0.39 is 5.82 Å². The lowest BCUT2D eigenvalue weighted by Gasteiger charge is -2.26. The largest absolute Gasteiger partial charge is 0.489 e. The van der Waals surface area contributed by atoms with Crippen molar-refractivity contribution in [1.29, 1.82) is 0 Å². The van der Waals surface area contributed by atoms with Gasteiger partial charge in [-0.25, -0.2) is 9.37 Å². The molecule has 178 valence electrons. The molecule has 10 heteroatoms. The number of morpholine rings is 1. The number of pyridine rings is 1. The van der Waals surface area contributed by atoms with Crippen LogP contribution in [-0.2, 0) is 4.74 Å². The average Bonchev–Trinajstić information content (AvgIpc) is 3.60. The van der Waals surface area contributed by atoms with E-state index in [4.69, 9.17) is 14.5 Å². The second-order valence-electron chi connectivity index (χ2n) is 8.21. The number of benzene rings is 2. The van der Waals surface area contributed by atoms with Crippen LogP contribution in [0.3, 0.4) is 0 Å². The molecule has 4 heterocycles. The monoisotopic (exact) mass is 490 g/mol. The molecule has 1 aliphatic heterocycles. The van der Waals surface area contributed by atoms with Crippen LogP contribution in [0.5, 0.6) is 5.75 Å². The van der Waals surface area contributed by atoms with Gasteiger partial charge in [0.1, 0.15) is 18.8 Å². The summed E-state index contributed by atoms with van der Waals surface area (Å²) >= 11 is 1.62. The number of aromatic nitrogens is 4. The molecule has 3 aromatic heterocycles. The van der Waals surface area contributed by atoms with Gasteiger partial charge in [0, 0.05) is 40.7 Å². The van der Waals surface area contributed by atoms with Gasteiger partial charge in [0.05, 0.1) is 24.4 Å². The van der Waals surface area contributed by atoms with Crippen molar-refractivity contribution in [3.8, 4) is 17.1 Å². The molecule has 1 saturated heterocycles. The van der Waals surface area contributed by atoms with Gasteiger partial charge in [-0.15, -0.1) is 21.5 Å². The van der Waals surface area contributed by atoms with Gasteiger partial charge < -0.3 is 19.8 Å². The van der Waals surface area contributed by atoms with Gasteiger partial charge in [0.25, 0.3) is 0 Å². The summed E-state index contributed by atoms with van der Waals surface area (Å²) in [6, 6.07) is 13.1. The number of H-pyrrole nitrogens is 1. The first-order valence-corrected chi connectivity index (χ1v) is 12.3. The minimum atomic E-state index is -0.441. The third-order valence-electron chi connectivity index (χ3n) is 6.08. The number of hydrogen-bond donors (Lipinski definition) is 2. The van der Waals surface area contributed by atoms with Gasteiger partial charge in [-0.05, 0) is 29.6 Å². The summed E-state index contributed by atoms with van der Waals surface area (Å²) in [4.78, 5) is 10.2. The number of thiophene rings is 1. The zero-order valence-corrected chi connectivity index (χ0v) is 19.6. The second-order valence-corrected chi connectivity index (χ2v) is 9.12. The number of rotatable bonds is 7. The van der Waals surface area contributed by atoms with Crippen LogP contribution in [0, 0.1) is 5.82 Å². The number of hydrogen-bond acceptors (Lipinski definition) is 8. The van der Waals surface area contributed by atoms with E-state index >= 15 is 4.39 Å². The fourth-order valence-corrected chi connectivity index (χ4v) is 5.23. The zero-order valence-electron chi connectivity index (χ0n) is 18.8. The molecule has 2 N–H and O–H groups in total. The summed E-state index contributed by atoms with van der Waals surface area (Å²) in [6.45, 7) is 4.32. The molecule has 1 fully saturated rings. The maximum absolute atomic E-state index is 15.4. The fraction of sp³-hybridized carbons (Fsp3) is 0.240. The van der Waals surface area contributed by atoms with E-state index in [0.717, 1.165) is 59.4 Å². The highest BCUT2D eigenvalue weighted by molar-refractivity contribution is 7.18. The van der Waals surface area contributed by atoms with Crippen LogP contribution in [-0.4, -0.2) is 64.5 Å². The number of para-hydroxylation sites is 1. The maximum atomic E-state index is 15.4. The number of halogens is 1. The highest BCUT2D eigenvalue weighted by Gasteiger charge is 2.17. The van der Waals surface area contributed by atoms with Crippen molar-refractivity contribution in [2.75, 3.05) is 44.8 Å². The smallest absolute Gasteiger partial charge is 0.188 e. The summed E-state index contributed by atoms with van der Waals surface area (Å²) < 4.78 is 27.6. The molecule has 0 bridgehead atoms. The Kier molecular flexibility index (Phi) is 5.99. The van der Waals surface area contributed by atoms with Crippen molar-refractivity contribution in [3.05, 3.63) is 60.0 Å². The SMILES string of the molecule is Fc1c(Nc2nc3c(-c4nnc[nH]4)cccc3c3sccc23)cccc1OCCN1CCOCC1. The first kappa shape index (κ1) is 21.9. The van der Waals surface area contributed by atoms with Gasteiger partial charge >= 0.3 is 0 Å². The van der Waals surface area contributed by atoms with Crippen molar-refractivity contribution in [1.82, 2.24) is 25.1 Å². The van der Waals surface area contributed by atoms with Crippen molar-refractivity contribution in [3.63, 3.8) is 0 Å². The van der Waals surface area contributed by atoms with Crippen LogP contribution in [0.15, 0.2) is 54.2 Å². The first-order valence-electron chi connectivity index (χ1n) is 11.4. The minimum absolute atomic E-state index is 0.216. The van der Waals surface area contributed by atoms with E-state index in [1.807, 2.05) is 29.6 Å². The van der Waals surface area contributed by atoms with E-state index in [2.05, 4.69) is 25.4 Å². The van der Waals surface area contributed by atoms with E-state index in [9.17, 15) is 0 Å². The number of nitrogens with zero attached hydrogens (tertiary/aromatic N) is 4. The number of ether oxygens (including phenoxy) is 2. The van der Waals surface area contributed by atoms with E-state index in [1.165, 1.54) is 6.33 Å². The molecular weight excluding hydrogens is 467 g/mol. The van der Waals surface area contributed by atoms with Crippen LogP contribution in [0.2, 0.25) is 0 Å². The van der Waals surface area contributed by atoms with Crippen LogP contribution >= 0.6 is 11.3 Å². The molecule has 8 nitrogen and oxygen atoms in total. The number of nitrogens with one attached hydrogen (secondary N) is 2. The maximum Gasteiger partial charge on any atom is 0.188 e. The lowest BCUT2D eigenvalue weighted by Crippen LogP contribution is -2.38. The second kappa shape index (κ2) is 9.57. The number of fused-ring (bicyclic) bond motifs is 3. The van der Waals surface area contributed by atoms with E-state index in [0.29, 0.717) is 23.9 Å². The molecule has 35 heavy (non-hydrogen) atoms. The Morgan fingerprint density at radius 2 is 2.00 bits per heavy atom. The van der Waals surface area contributed by atoms with E-state index in [-0.39, 0.29) is 5.75 Å². The van der Waals surface area contributed by atoms with Crippen molar-refractivity contribution in [2.24, 2.45) is 0 Å². The molecule has 0 unspecified atom stereocenters. The van der Waals surface area contributed by atoms with Crippen LogP contribution in [0.1, 0.15) is 0 Å². The summed E-state index contributed by atoms with van der Waals surface area (Å²) in [7, 11) is 0. The molecule has 5 aromatic rings. The van der Waals surface area contributed by atoms with Crippen LogP contribution < -0.4 is 10.1 Å². The average molecular weight is 491 g/mol. The molecule has 0 atom stereocenters. The normalized spacial score (nSPS) is 14.5. The Bertz CT molecular complexity index is 1470. The minimum Gasteiger partial charge on any atom is -0.489 e. The molecule has 2 aromatic carbocycles. The van der Waals surface area contributed by atoms with Gasteiger partial charge in [0.15, 0.2) is 17.4 Å². The Morgan fingerprint density at radius 1 is 1.11 bits per heavy atom. The highest BCUT2D eigenvalue weighted by atomic mass is 32.1. The fourth-order valence-electron chi connectivity index (χ4n) is 4.30. The third kappa shape index (κ3) is 4.31. The molecule has 6 rings (SSSR count). The Balaban J connectivity index is 1.31. The van der Waals surface area contributed by atoms with Gasteiger partial charge in [-0.1, -0.05) is 18.2 Å². The molecular formula is C25H23FN6O2S. The van der Waals surface area contributed by atoms with Crippen molar-refractivity contribution >= 4 is 43.8 Å². The summed E-state index contributed by atoms with van der Waals surface area (Å²) in [6.07, 6.45) is 1.54. The van der Waals surface area contributed by atoms with Gasteiger partial charge in [-0.2, -0.15) is 0 Å². The first-order chi connectivity index (χ1) is 17.3. The topological polar surface area (TPSA) is 88.2 Å². The summed E-state index contributed by atoms with van der Waals surface area (Å²) in [5.74, 6) is 0.980. The molecule has 0 saturated carbocycles. The quantitative estimate of drug-likeness (QED) is 0.338. The lowest BCUT2D eigenvalue weighted by molar-refractivity contribution is 0.0320. The molecule has 0 radical (unpaired) electrons. The Hall–Kier alpha value is -3.60. The summed E-state index contributed by atoms with van der Waals surface area (Å²) in [5.41, 5.74) is 1.91. The Labute approximate surface area is 204 Å².